The lowest BCUT2D eigenvalue weighted by Gasteiger charge is -2.31. The number of halogens is 1. The van der Waals surface area contributed by atoms with Crippen LogP contribution in [0.25, 0.3) is 0 Å². The van der Waals surface area contributed by atoms with Crippen molar-refractivity contribution in [3.8, 4) is 0 Å². The molecule has 5 heteroatoms. The van der Waals surface area contributed by atoms with Crippen LogP contribution in [0.4, 0.5) is 0 Å². The first-order valence-corrected chi connectivity index (χ1v) is 11.8. The van der Waals surface area contributed by atoms with E-state index in [1.807, 2.05) is 72.8 Å². The molecule has 3 rings (SSSR count). The molecule has 0 unspecified atom stereocenters. The Balaban J connectivity index is 1.90. The van der Waals surface area contributed by atoms with Crippen LogP contribution in [0.2, 0.25) is 5.02 Å². The van der Waals surface area contributed by atoms with Crippen LogP contribution < -0.4 is 5.32 Å². The van der Waals surface area contributed by atoms with E-state index in [9.17, 15) is 9.59 Å². The number of nitrogens with one attached hydrogen (secondary N) is 1. The molecule has 0 radical (unpaired) electrons. The van der Waals surface area contributed by atoms with Crippen LogP contribution >= 0.6 is 11.6 Å². The van der Waals surface area contributed by atoms with Crippen LogP contribution in [-0.2, 0) is 29.0 Å². The third-order valence-corrected chi connectivity index (χ3v) is 5.82. The van der Waals surface area contributed by atoms with E-state index < -0.39 is 6.04 Å². The molecule has 0 aliphatic carbocycles. The van der Waals surface area contributed by atoms with Crippen LogP contribution in [0.1, 0.15) is 36.5 Å². The van der Waals surface area contributed by atoms with E-state index in [1.165, 1.54) is 0 Å². The molecule has 33 heavy (non-hydrogen) atoms. The Morgan fingerprint density at radius 3 is 2.06 bits per heavy atom. The molecule has 0 aromatic heterocycles. The summed E-state index contributed by atoms with van der Waals surface area (Å²) in [6, 6.07) is 26.3. The van der Waals surface area contributed by atoms with Gasteiger partial charge in [-0.1, -0.05) is 97.7 Å². The molecule has 0 heterocycles. The standard InChI is InChI=1S/C28H31ClN2O2/c1-2-3-18-30-28(33)26(19-22-10-6-4-7-11-22)31(21-24-12-8-5-9-13-24)27(32)20-23-14-16-25(29)17-15-23/h4-17,26H,2-3,18-21H2,1H3,(H,30,33)/t26-/m0/s1. The van der Waals surface area contributed by atoms with Gasteiger partial charge >= 0.3 is 0 Å². The van der Waals surface area contributed by atoms with Crippen LogP contribution in [0.15, 0.2) is 84.9 Å². The molecule has 0 saturated heterocycles. The molecule has 3 aromatic carbocycles. The van der Waals surface area contributed by atoms with E-state index >= 15 is 0 Å². The molecule has 4 nitrogen and oxygen atoms in total. The zero-order valence-corrected chi connectivity index (χ0v) is 19.8. The Bertz CT molecular complexity index is 1010. The molecule has 2 amide bonds. The third-order valence-electron chi connectivity index (χ3n) is 5.57. The fourth-order valence-electron chi connectivity index (χ4n) is 3.72. The van der Waals surface area contributed by atoms with E-state index in [1.54, 1.807) is 17.0 Å². The Morgan fingerprint density at radius 1 is 0.848 bits per heavy atom. The van der Waals surface area contributed by atoms with Gasteiger partial charge in [-0.25, -0.2) is 0 Å². The number of carbonyl (C=O) groups is 2. The maximum Gasteiger partial charge on any atom is 0.243 e. The summed E-state index contributed by atoms with van der Waals surface area (Å²) in [4.78, 5) is 28.6. The summed E-state index contributed by atoms with van der Waals surface area (Å²) in [5, 5.41) is 3.68. The van der Waals surface area contributed by atoms with E-state index in [4.69, 9.17) is 11.6 Å². The molecular formula is C28H31ClN2O2. The summed E-state index contributed by atoms with van der Waals surface area (Å²) in [5.41, 5.74) is 2.87. The highest BCUT2D eigenvalue weighted by atomic mass is 35.5. The fraction of sp³-hybridized carbons (Fsp3) is 0.286. The highest BCUT2D eigenvalue weighted by molar-refractivity contribution is 6.30. The Labute approximate surface area is 201 Å². The second-order valence-electron chi connectivity index (χ2n) is 8.16. The normalized spacial score (nSPS) is 11.6. The highest BCUT2D eigenvalue weighted by Crippen LogP contribution is 2.17. The summed E-state index contributed by atoms with van der Waals surface area (Å²) in [6.07, 6.45) is 2.56. The number of amides is 2. The molecule has 0 aliphatic heterocycles. The predicted octanol–water partition coefficient (Wildman–Crippen LogP) is 5.44. The predicted molar refractivity (Wildman–Crippen MR) is 134 cm³/mol. The molecule has 0 aliphatic rings. The van der Waals surface area contributed by atoms with Gasteiger partial charge in [-0.3, -0.25) is 9.59 Å². The smallest absolute Gasteiger partial charge is 0.243 e. The first kappa shape index (κ1) is 24.5. The average Bonchev–Trinajstić information content (AvgIpc) is 2.84. The van der Waals surface area contributed by atoms with Crippen molar-refractivity contribution in [2.45, 2.75) is 45.2 Å². The van der Waals surface area contributed by atoms with Gasteiger partial charge in [-0.2, -0.15) is 0 Å². The van der Waals surface area contributed by atoms with E-state index in [0.29, 0.717) is 24.5 Å². The Morgan fingerprint density at radius 2 is 1.45 bits per heavy atom. The second kappa shape index (κ2) is 12.8. The molecular weight excluding hydrogens is 432 g/mol. The zero-order chi connectivity index (χ0) is 23.5. The van der Waals surface area contributed by atoms with Gasteiger partial charge in [0.1, 0.15) is 6.04 Å². The van der Waals surface area contributed by atoms with Gasteiger partial charge < -0.3 is 10.2 Å². The van der Waals surface area contributed by atoms with Gasteiger partial charge in [0.25, 0.3) is 0 Å². The van der Waals surface area contributed by atoms with Crippen LogP contribution in [-0.4, -0.2) is 29.3 Å². The number of carbonyl (C=O) groups excluding carboxylic acids is 2. The maximum atomic E-state index is 13.6. The second-order valence-corrected chi connectivity index (χ2v) is 8.60. The number of nitrogens with zero attached hydrogens (tertiary/aromatic N) is 1. The van der Waals surface area contributed by atoms with Crippen molar-refractivity contribution in [2.75, 3.05) is 6.54 Å². The Kier molecular flexibility index (Phi) is 9.52. The SMILES string of the molecule is CCCCNC(=O)[C@H](Cc1ccccc1)N(Cc1ccccc1)C(=O)Cc1ccc(Cl)cc1. The van der Waals surface area contributed by atoms with Gasteiger partial charge in [0.15, 0.2) is 0 Å². The van der Waals surface area contributed by atoms with E-state index in [-0.39, 0.29) is 18.2 Å². The average molecular weight is 463 g/mol. The van der Waals surface area contributed by atoms with Crippen LogP contribution in [0.3, 0.4) is 0 Å². The lowest BCUT2D eigenvalue weighted by Crippen LogP contribution is -2.51. The summed E-state index contributed by atoms with van der Waals surface area (Å²) in [5.74, 6) is -0.208. The van der Waals surface area contributed by atoms with Crippen molar-refractivity contribution in [2.24, 2.45) is 0 Å². The number of hydrogen-bond acceptors (Lipinski definition) is 2. The number of benzene rings is 3. The van der Waals surface area contributed by atoms with Gasteiger partial charge in [0, 0.05) is 24.5 Å². The molecule has 1 N–H and O–H groups in total. The molecule has 172 valence electrons. The number of hydrogen-bond donors (Lipinski definition) is 1. The summed E-state index contributed by atoms with van der Waals surface area (Å²) in [7, 11) is 0. The molecule has 0 bridgehead atoms. The maximum absolute atomic E-state index is 13.6. The van der Waals surface area contributed by atoms with E-state index in [0.717, 1.165) is 29.5 Å². The minimum Gasteiger partial charge on any atom is -0.354 e. The quantitative estimate of drug-likeness (QED) is 0.386. The Hall–Kier alpha value is -3.11. The molecule has 0 spiro atoms. The zero-order valence-electron chi connectivity index (χ0n) is 19.0. The summed E-state index contributed by atoms with van der Waals surface area (Å²) < 4.78 is 0. The molecule has 3 aromatic rings. The molecule has 0 fully saturated rings. The third kappa shape index (κ3) is 7.76. The largest absolute Gasteiger partial charge is 0.354 e. The first-order valence-electron chi connectivity index (χ1n) is 11.5. The minimum absolute atomic E-state index is 0.0900. The first-order chi connectivity index (χ1) is 16.1. The summed E-state index contributed by atoms with van der Waals surface area (Å²) >= 11 is 6.01. The van der Waals surface area contributed by atoms with Crippen molar-refractivity contribution in [1.29, 1.82) is 0 Å². The van der Waals surface area contributed by atoms with Crippen molar-refractivity contribution < 1.29 is 9.59 Å². The van der Waals surface area contributed by atoms with E-state index in [2.05, 4.69) is 12.2 Å². The van der Waals surface area contributed by atoms with Gasteiger partial charge in [-0.05, 0) is 35.2 Å². The number of rotatable bonds is 11. The lowest BCUT2D eigenvalue weighted by atomic mass is 10.0. The lowest BCUT2D eigenvalue weighted by molar-refractivity contribution is -0.140. The van der Waals surface area contributed by atoms with Crippen LogP contribution in [0, 0.1) is 0 Å². The highest BCUT2D eigenvalue weighted by Gasteiger charge is 2.30. The summed E-state index contributed by atoms with van der Waals surface area (Å²) in [6.45, 7) is 3.06. The van der Waals surface area contributed by atoms with Crippen molar-refractivity contribution in [1.82, 2.24) is 10.2 Å². The monoisotopic (exact) mass is 462 g/mol. The fourth-order valence-corrected chi connectivity index (χ4v) is 3.84. The number of unbranched alkanes of at least 4 members (excludes halogenated alkanes) is 1. The topological polar surface area (TPSA) is 49.4 Å². The van der Waals surface area contributed by atoms with Crippen molar-refractivity contribution in [3.63, 3.8) is 0 Å². The van der Waals surface area contributed by atoms with Crippen LogP contribution in [0.5, 0.6) is 0 Å². The minimum atomic E-state index is -0.607. The van der Waals surface area contributed by atoms with Crippen molar-refractivity contribution >= 4 is 23.4 Å². The van der Waals surface area contributed by atoms with Gasteiger partial charge in [-0.15, -0.1) is 0 Å². The molecule has 1 atom stereocenters. The van der Waals surface area contributed by atoms with Gasteiger partial charge in [0.2, 0.25) is 11.8 Å². The van der Waals surface area contributed by atoms with Gasteiger partial charge in [0.05, 0.1) is 6.42 Å². The van der Waals surface area contributed by atoms with Crippen molar-refractivity contribution in [3.05, 3.63) is 107 Å². The molecule has 0 saturated carbocycles.